The van der Waals surface area contributed by atoms with Gasteiger partial charge in [0.15, 0.2) is 0 Å². The number of benzene rings is 2. The number of amides is 1. The maximum absolute atomic E-state index is 12.3. The molecule has 120 valence electrons. The third-order valence-corrected chi connectivity index (χ3v) is 4.04. The second-order valence-corrected chi connectivity index (χ2v) is 5.62. The van der Waals surface area contributed by atoms with Gasteiger partial charge in [0.25, 0.3) is 0 Å². The Morgan fingerprint density at radius 3 is 2.78 bits per heavy atom. The molecule has 3 rings (SSSR count). The van der Waals surface area contributed by atoms with E-state index in [4.69, 9.17) is 21.1 Å². The Bertz CT molecular complexity index is 675. The van der Waals surface area contributed by atoms with Crippen molar-refractivity contribution >= 4 is 17.7 Å². The fourth-order valence-corrected chi connectivity index (χ4v) is 2.77. The average molecular weight is 332 g/mol. The lowest BCUT2D eigenvalue weighted by molar-refractivity contribution is 0.0913. The highest BCUT2D eigenvalue weighted by atomic mass is 35.5. The Labute approximate surface area is 140 Å². The standard InChI is InChI=1S/C18H18ClNO3/c19-11-15-7-4-8-16-12-20(9-10-22-17(15)16)18(21)23-13-14-5-2-1-3-6-14/h1-8H,9-13H2. The predicted octanol–water partition coefficient (Wildman–Crippen LogP) is 3.96. The quantitative estimate of drug-likeness (QED) is 0.799. The van der Waals surface area contributed by atoms with Crippen molar-refractivity contribution in [3.05, 3.63) is 65.2 Å². The van der Waals surface area contributed by atoms with Gasteiger partial charge in [0.05, 0.1) is 19.0 Å². The third-order valence-electron chi connectivity index (χ3n) is 3.75. The van der Waals surface area contributed by atoms with Crippen molar-refractivity contribution in [2.45, 2.75) is 19.0 Å². The van der Waals surface area contributed by atoms with Crippen molar-refractivity contribution < 1.29 is 14.3 Å². The number of carbonyl (C=O) groups excluding carboxylic acids is 1. The number of nitrogens with zero attached hydrogens (tertiary/aromatic N) is 1. The number of alkyl halides is 1. The van der Waals surface area contributed by atoms with Gasteiger partial charge in [-0.25, -0.2) is 4.79 Å². The van der Waals surface area contributed by atoms with Crippen LogP contribution < -0.4 is 4.74 Å². The molecule has 5 heteroatoms. The molecule has 0 saturated heterocycles. The monoisotopic (exact) mass is 331 g/mol. The number of hydrogen-bond acceptors (Lipinski definition) is 3. The number of carbonyl (C=O) groups is 1. The number of rotatable bonds is 3. The van der Waals surface area contributed by atoms with Crippen LogP contribution in [0.1, 0.15) is 16.7 Å². The second-order valence-electron chi connectivity index (χ2n) is 5.35. The highest BCUT2D eigenvalue weighted by Crippen LogP contribution is 2.29. The molecule has 2 aromatic rings. The molecule has 1 amide bonds. The van der Waals surface area contributed by atoms with Crippen LogP contribution in [0.15, 0.2) is 48.5 Å². The minimum absolute atomic E-state index is 0.269. The summed E-state index contributed by atoms with van der Waals surface area (Å²) in [5, 5.41) is 0. The van der Waals surface area contributed by atoms with Gasteiger partial charge in [-0.2, -0.15) is 0 Å². The van der Waals surface area contributed by atoms with Gasteiger partial charge >= 0.3 is 6.09 Å². The molecule has 1 aliphatic rings. The first-order valence-electron chi connectivity index (χ1n) is 7.53. The highest BCUT2D eigenvalue weighted by Gasteiger charge is 2.22. The summed E-state index contributed by atoms with van der Waals surface area (Å²) in [6.07, 6.45) is -0.332. The van der Waals surface area contributed by atoms with Crippen molar-refractivity contribution in [3.8, 4) is 5.75 Å². The molecule has 4 nitrogen and oxygen atoms in total. The lowest BCUT2D eigenvalue weighted by atomic mass is 10.1. The van der Waals surface area contributed by atoms with Crippen LogP contribution in [0.4, 0.5) is 4.79 Å². The van der Waals surface area contributed by atoms with Crippen molar-refractivity contribution in [2.75, 3.05) is 13.2 Å². The SMILES string of the molecule is O=C(OCc1ccccc1)N1CCOc2c(CCl)cccc2C1. The van der Waals surface area contributed by atoms with Crippen LogP contribution in [0.25, 0.3) is 0 Å². The van der Waals surface area contributed by atoms with E-state index in [0.717, 1.165) is 22.4 Å². The Balaban J connectivity index is 1.67. The van der Waals surface area contributed by atoms with E-state index in [1.54, 1.807) is 4.90 Å². The van der Waals surface area contributed by atoms with E-state index in [9.17, 15) is 4.79 Å². The van der Waals surface area contributed by atoms with E-state index in [0.29, 0.717) is 25.6 Å². The van der Waals surface area contributed by atoms with Gasteiger partial charge in [0.2, 0.25) is 0 Å². The molecular weight excluding hydrogens is 314 g/mol. The molecule has 0 aliphatic carbocycles. The van der Waals surface area contributed by atoms with Crippen molar-refractivity contribution in [2.24, 2.45) is 0 Å². The van der Waals surface area contributed by atoms with Crippen LogP contribution in [0.2, 0.25) is 0 Å². The first-order chi connectivity index (χ1) is 11.3. The van der Waals surface area contributed by atoms with E-state index < -0.39 is 0 Å². The molecule has 1 heterocycles. The topological polar surface area (TPSA) is 38.8 Å². The van der Waals surface area contributed by atoms with Gasteiger partial charge < -0.3 is 14.4 Å². The van der Waals surface area contributed by atoms with Gasteiger partial charge in [-0.15, -0.1) is 11.6 Å². The molecule has 0 N–H and O–H groups in total. The summed E-state index contributed by atoms with van der Waals surface area (Å²) >= 11 is 5.95. The molecule has 1 aliphatic heterocycles. The molecule has 0 saturated carbocycles. The van der Waals surface area contributed by atoms with Gasteiger partial charge in [0, 0.05) is 11.1 Å². The smallest absolute Gasteiger partial charge is 0.410 e. The summed E-state index contributed by atoms with van der Waals surface area (Å²) in [6, 6.07) is 15.5. The summed E-state index contributed by atoms with van der Waals surface area (Å²) in [5.74, 6) is 1.18. The van der Waals surface area contributed by atoms with Crippen LogP contribution in [-0.2, 0) is 23.8 Å². The maximum Gasteiger partial charge on any atom is 0.410 e. The van der Waals surface area contributed by atoms with Gasteiger partial charge in [0.1, 0.15) is 19.0 Å². The summed E-state index contributed by atoms with van der Waals surface area (Å²) in [5.41, 5.74) is 2.87. The first-order valence-corrected chi connectivity index (χ1v) is 8.06. The number of halogens is 1. The van der Waals surface area contributed by atoms with E-state index in [1.807, 2.05) is 48.5 Å². The molecule has 0 bridgehead atoms. The zero-order valence-corrected chi connectivity index (χ0v) is 13.5. The van der Waals surface area contributed by atoms with Crippen LogP contribution in [0, 0.1) is 0 Å². The lowest BCUT2D eigenvalue weighted by Gasteiger charge is -2.19. The Kier molecular flexibility index (Phi) is 5.03. The van der Waals surface area contributed by atoms with Crippen molar-refractivity contribution in [1.29, 1.82) is 0 Å². The number of ether oxygens (including phenoxy) is 2. The highest BCUT2D eigenvalue weighted by molar-refractivity contribution is 6.17. The van der Waals surface area contributed by atoms with Gasteiger partial charge in [-0.1, -0.05) is 48.5 Å². The molecule has 0 atom stereocenters. The minimum atomic E-state index is -0.332. The molecule has 0 aromatic heterocycles. The average Bonchev–Trinajstić information content (AvgIpc) is 2.82. The number of fused-ring (bicyclic) bond motifs is 1. The summed E-state index contributed by atoms with van der Waals surface area (Å²) in [7, 11) is 0. The van der Waals surface area contributed by atoms with Crippen LogP contribution in [0.3, 0.4) is 0 Å². The fourth-order valence-electron chi connectivity index (χ4n) is 2.56. The van der Waals surface area contributed by atoms with Gasteiger partial charge in [-0.3, -0.25) is 0 Å². The summed E-state index contributed by atoms with van der Waals surface area (Å²) in [6.45, 7) is 1.66. The third kappa shape index (κ3) is 3.77. The summed E-state index contributed by atoms with van der Waals surface area (Å²) in [4.78, 5) is 14.0. The Hall–Kier alpha value is -2.20. The summed E-state index contributed by atoms with van der Waals surface area (Å²) < 4.78 is 11.2. The molecular formula is C18H18ClNO3. The lowest BCUT2D eigenvalue weighted by Crippen LogP contribution is -2.32. The van der Waals surface area contributed by atoms with Crippen LogP contribution in [0.5, 0.6) is 5.75 Å². The number of para-hydroxylation sites is 1. The van der Waals surface area contributed by atoms with E-state index in [-0.39, 0.29) is 12.7 Å². The molecule has 2 aromatic carbocycles. The van der Waals surface area contributed by atoms with E-state index in [1.165, 1.54) is 0 Å². The molecule has 0 radical (unpaired) electrons. The second kappa shape index (κ2) is 7.38. The normalized spacial score (nSPS) is 13.7. The predicted molar refractivity (Wildman–Crippen MR) is 88.5 cm³/mol. The zero-order chi connectivity index (χ0) is 16.1. The zero-order valence-electron chi connectivity index (χ0n) is 12.7. The van der Waals surface area contributed by atoms with E-state index in [2.05, 4.69) is 0 Å². The van der Waals surface area contributed by atoms with Crippen molar-refractivity contribution in [1.82, 2.24) is 4.90 Å². The molecule has 23 heavy (non-hydrogen) atoms. The molecule has 0 fully saturated rings. The van der Waals surface area contributed by atoms with E-state index >= 15 is 0 Å². The minimum Gasteiger partial charge on any atom is -0.491 e. The number of hydrogen-bond donors (Lipinski definition) is 0. The first kappa shape index (κ1) is 15.7. The molecule has 0 spiro atoms. The van der Waals surface area contributed by atoms with Crippen LogP contribution >= 0.6 is 11.6 Å². The Morgan fingerprint density at radius 2 is 2.00 bits per heavy atom. The maximum atomic E-state index is 12.3. The fraction of sp³-hybridized carbons (Fsp3) is 0.278. The van der Waals surface area contributed by atoms with Crippen molar-refractivity contribution in [3.63, 3.8) is 0 Å². The largest absolute Gasteiger partial charge is 0.491 e. The van der Waals surface area contributed by atoms with Crippen LogP contribution in [-0.4, -0.2) is 24.1 Å². The molecule has 0 unspecified atom stereocenters. The Morgan fingerprint density at radius 1 is 1.17 bits per heavy atom. The van der Waals surface area contributed by atoms with Gasteiger partial charge in [-0.05, 0) is 5.56 Å².